The number of rotatable bonds is 9. The number of esters is 1. The first kappa shape index (κ1) is 31.1. The fraction of sp³-hybridized carbons (Fsp3) is 0.742. The van der Waals surface area contributed by atoms with Crippen molar-refractivity contribution >= 4 is 21.9 Å². The molecular weight excluding hydrogens is 532 g/mol. The van der Waals surface area contributed by atoms with E-state index in [1.54, 1.807) is 26.4 Å². The number of aryl methyl sites for hydroxylation is 1. The molecule has 9 heteroatoms. The highest BCUT2D eigenvalue weighted by molar-refractivity contribution is 7.86. The Hall–Kier alpha value is -1.81. The van der Waals surface area contributed by atoms with E-state index in [-0.39, 0.29) is 40.0 Å². The molecule has 0 aromatic heterocycles. The molecule has 0 spiro atoms. The van der Waals surface area contributed by atoms with Gasteiger partial charge < -0.3 is 14.2 Å². The van der Waals surface area contributed by atoms with E-state index < -0.39 is 39.6 Å². The van der Waals surface area contributed by atoms with Crippen molar-refractivity contribution in [3.05, 3.63) is 29.8 Å². The van der Waals surface area contributed by atoms with Crippen LogP contribution in [0.15, 0.2) is 29.2 Å². The lowest BCUT2D eigenvalue weighted by Gasteiger charge is -2.62. The number of ketones is 1. The van der Waals surface area contributed by atoms with Crippen molar-refractivity contribution in [2.24, 2.45) is 34.0 Å². The Kier molecular flexibility index (Phi) is 8.92. The molecule has 4 rings (SSSR count). The lowest BCUT2D eigenvalue weighted by molar-refractivity contribution is -0.208. The smallest absolute Gasteiger partial charge is 0.333 e. The van der Waals surface area contributed by atoms with Crippen LogP contribution in [-0.4, -0.2) is 59.8 Å². The minimum absolute atomic E-state index is 0.0184. The first-order valence-corrected chi connectivity index (χ1v) is 15.9. The molecule has 0 N–H and O–H groups in total. The fourth-order valence-corrected chi connectivity index (χ4v) is 9.16. The molecule has 8 nitrogen and oxygen atoms in total. The molecule has 0 unspecified atom stereocenters. The van der Waals surface area contributed by atoms with Gasteiger partial charge in [0.05, 0.1) is 11.0 Å². The summed E-state index contributed by atoms with van der Waals surface area (Å²) in [6.07, 6.45) is 3.77. The van der Waals surface area contributed by atoms with E-state index >= 15 is 0 Å². The molecule has 0 saturated heterocycles. The predicted molar refractivity (Wildman–Crippen MR) is 150 cm³/mol. The Labute approximate surface area is 239 Å². The summed E-state index contributed by atoms with van der Waals surface area (Å²) in [6, 6.07) is 6.25. The van der Waals surface area contributed by atoms with Gasteiger partial charge in [-0.25, -0.2) is 4.79 Å². The predicted octanol–water partition coefficient (Wildman–Crippen LogP) is 5.11. The van der Waals surface area contributed by atoms with Crippen molar-refractivity contribution in [2.45, 2.75) is 90.2 Å². The van der Waals surface area contributed by atoms with E-state index in [0.29, 0.717) is 19.4 Å². The number of methoxy groups -OCH3 is 2. The second kappa shape index (κ2) is 11.5. The van der Waals surface area contributed by atoms with Gasteiger partial charge in [-0.15, -0.1) is 0 Å². The summed E-state index contributed by atoms with van der Waals surface area (Å²) in [7, 11) is -0.789. The monoisotopic (exact) mass is 578 g/mol. The summed E-state index contributed by atoms with van der Waals surface area (Å²) < 4.78 is 48.3. The maximum atomic E-state index is 14.3. The highest BCUT2D eigenvalue weighted by Gasteiger charge is 2.68. The molecule has 224 valence electrons. The second-order valence-electron chi connectivity index (χ2n) is 12.9. The third-order valence-corrected chi connectivity index (χ3v) is 12.2. The maximum absolute atomic E-state index is 14.3. The van der Waals surface area contributed by atoms with Crippen molar-refractivity contribution in [3.8, 4) is 0 Å². The van der Waals surface area contributed by atoms with Gasteiger partial charge >= 0.3 is 5.97 Å². The van der Waals surface area contributed by atoms with Crippen LogP contribution in [0.2, 0.25) is 0 Å². The van der Waals surface area contributed by atoms with Crippen LogP contribution in [0.25, 0.3) is 0 Å². The van der Waals surface area contributed by atoms with Crippen LogP contribution in [0.3, 0.4) is 0 Å². The van der Waals surface area contributed by atoms with Gasteiger partial charge in [-0.1, -0.05) is 45.4 Å². The summed E-state index contributed by atoms with van der Waals surface area (Å²) in [6.45, 7) is 9.98. The largest absolute Gasteiger partial charge is 0.460 e. The highest BCUT2D eigenvalue weighted by Crippen LogP contribution is 2.68. The minimum Gasteiger partial charge on any atom is -0.460 e. The molecule has 3 fully saturated rings. The minimum atomic E-state index is -4.14. The Balaban J connectivity index is 1.68. The van der Waals surface area contributed by atoms with E-state index in [1.165, 1.54) is 12.1 Å². The number of carbonyl (C=O) groups excluding carboxylic acids is 2. The van der Waals surface area contributed by atoms with Gasteiger partial charge in [-0.05, 0) is 68.9 Å². The SMILES string of the molecule is COCC[C@]1(C)C[C@@H](OC(=O)COS(=O)(=O)c2ccc(C)cc2)[C@]2(C)[C@H](C)CC[C@]3(CC[C@@H](OC)[C@@H]32)[C@@H](C)C1=O. The molecule has 0 radical (unpaired) electrons. The van der Waals surface area contributed by atoms with E-state index in [9.17, 15) is 18.0 Å². The Morgan fingerprint density at radius 3 is 2.33 bits per heavy atom. The van der Waals surface area contributed by atoms with Crippen LogP contribution in [0, 0.1) is 40.9 Å². The van der Waals surface area contributed by atoms with Gasteiger partial charge in [0.25, 0.3) is 10.1 Å². The molecule has 0 heterocycles. The van der Waals surface area contributed by atoms with E-state index in [2.05, 4.69) is 20.8 Å². The summed E-state index contributed by atoms with van der Waals surface area (Å²) in [5.41, 5.74) is -0.583. The third kappa shape index (κ3) is 5.27. The molecule has 1 aromatic rings. The molecule has 1 aromatic carbocycles. The fourth-order valence-electron chi connectivity index (χ4n) is 8.31. The topological polar surface area (TPSA) is 105 Å². The van der Waals surface area contributed by atoms with Crippen LogP contribution >= 0.6 is 0 Å². The Bertz CT molecular complexity index is 1200. The standard InChI is InChI=1S/C31H46O8S/c1-20-8-10-23(11-9-20)40(34,35)38-19-26(32)39-25-18-29(4,16-17-36-6)28(33)22(3)31-14-12-21(2)30(25,5)27(31)24(37-7)13-15-31/h8-11,21-22,24-25,27H,12-19H2,1-7H3/t21-,22+,24-,25-,27-,29-,30+,31+/m1/s1. The molecule has 3 aliphatic carbocycles. The van der Waals surface area contributed by atoms with Gasteiger partial charge in [0, 0.05) is 43.5 Å². The molecule has 8 atom stereocenters. The average molecular weight is 579 g/mol. The maximum Gasteiger partial charge on any atom is 0.333 e. The number of Topliss-reactive ketones (excluding diaryl/α,β-unsaturated/α-hetero) is 1. The summed E-state index contributed by atoms with van der Waals surface area (Å²) in [4.78, 5) is 27.6. The summed E-state index contributed by atoms with van der Waals surface area (Å²) in [5.74, 6) is -0.515. The number of carbonyl (C=O) groups is 2. The van der Waals surface area contributed by atoms with Crippen LogP contribution < -0.4 is 0 Å². The van der Waals surface area contributed by atoms with Crippen molar-refractivity contribution < 1.29 is 36.4 Å². The van der Waals surface area contributed by atoms with E-state index in [4.69, 9.17) is 18.4 Å². The zero-order valence-electron chi connectivity index (χ0n) is 25.0. The van der Waals surface area contributed by atoms with Gasteiger partial charge in [0.15, 0.2) is 6.61 Å². The second-order valence-corrected chi connectivity index (χ2v) is 14.5. The Morgan fingerprint density at radius 1 is 1.05 bits per heavy atom. The van der Waals surface area contributed by atoms with Crippen LogP contribution in [-0.2, 0) is 38.1 Å². The van der Waals surface area contributed by atoms with E-state index in [0.717, 1.165) is 31.2 Å². The molecular formula is C31H46O8S. The molecule has 3 saturated carbocycles. The van der Waals surface area contributed by atoms with Crippen molar-refractivity contribution in [1.82, 2.24) is 0 Å². The van der Waals surface area contributed by atoms with Crippen LogP contribution in [0.5, 0.6) is 0 Å². The average Bonchev–Trinajstić information content (AvgIpc) is 3.32. The van der Waals surface area contributed by atoms with Gasteiger partial charge in [0.1, 0.15) is 11.9 Å². The van der Waals surface area contributed by atoms with Crippen LogP contribution in [0.4, 0.5) is 0 Å². The normalized spacial score (nSPS) is 37.9. The number of hydrogen-bond donors (Lipinski definition) is 0. The zero-order valence-corrected chi connectivity index (χ0v) is 25.8. The quantitative estimate of drug-likeness (QED) is 0.294. The number of benzene rings is 1. The van der Waals surface area contributed by atoms with Crippen LogP contribution in [0.1, 0.15) is 71.8 Å². The number of hydrogen-bond acceptors (Lipinski definition) is 8. The van der Waals surface area contributed by atoms with Gasteiger partial charge in [-0.3, -0.25) is 8.98 Å². The first-order chi connectivity index (χ1) is 18.7. The van der Waals surface area contributed by atoms with Crippen molar-refractivity contribution in [2.75, 3.05) is 27.4 Å². The van der Waals surface area contributed by atoms with E-state index in [1.807, 2.05) is 13.8 Å². The Morgan fingerprint density at radius 2 is 1.70 bits per heavy atom. The van der Waals surface area contributed by atoms with Gasteiger partial charge in [-0.2, -0.15) is 8.42 Å². The molecule has 2 bridgehead atoms. The summed E-state index contributed by atoms with van der Waals surface area (Å²) in [5, 5.41) is 0. The first-order valence-electron chi connectivity index (χ1n) is 14.5. The zero-order chi connectivity index (χ0) is 29.5. The molecule has 0 aliphatic heterocycles. The molecule has 0 amide bonds. The van der Waals surface area contributed by atoms with Gasteiger partial charge in [0.2, 0.25) is 0 Å². The van der Waals surface area contributed by atoms with Crippen molar-refractivity contribution in [1.29, 1.82) is 0 Å². The number of ether oxygens (including phenoxy) is 3. The molecule has 3 aliphatic rings. The lowest BCUT2D eigenvalue weighted by Crippen LogP contribution is -2.63. The van der Waals surface area contributed by atoms with Crippen molar-refractivity contribution in [3.63, 3.8) is 0 Å². The third-order valence-electron chi connectivity index (χ3n) is 10.9. The molecule has 40 heavy (non-hydrogen) atoms. The summed E-state index contributed by atoms with van der Waals surface area (Å²) >= 11 is 0. The highest BCUT2D eigenvalue weighted by atomic mass is 32.2. The lowest BCUT2D eigenvalue weighted by atomic mass is 9.43.